The van der Waals surface area contributed by atoms with Crippen molar-refractivity contribution in [2.75, 3.05) is 36.0 Å². The first-order valence-corrected chi connectivity index (χ1v) is 12.7. The second-order valence-corrected chi connectivity index (χ2v) is 10.8. The van der Waals surface area contributed by atoms with Gasteiger partial charge in [0.25, 0.3) is 11.8 Å². The van der Waals surface area contributed by atoms with Gasteiger partial charge in [0.2, 0.25) is 5.95 Å². The monoisotopic (exact) mass is 572 g/mol. The van der Waals surface area contributed by atoms with E-state index in [0.717, 1.165) is 4.68 Å². The Morgan fingerprint density at radius 1 is 1.05 bits per heavy atom. The topological polar surface area (TPSA) is 160 Å². The third-order valence-electron chi connectivity index (χ3n) is 7.21. The maximum Gasteiger partial charge on any atom is 0.435 e. The highest BCUT2D eigenvalue weighted by Gasteiger charge is 2.45. The van der Waals surface area contributed by atoms with E-state index in [1.165, 1.54) is 30.0 Å². The minimum absolute atomic E-state index is 0.0218. The molecule has 1 aliphatic carbocycles. The van der Waals surface area contributed by atoms with Crippen molar-refractivity contribution in [2.45, 2.75) is 32.9 Å². The summed E-state index contributed by atoms with van der Waals surface area (Å²) < 4.78 is 42.9. The normalized spacial score (nSPS) is 16.9. The van der Waals surface area contributed by atoms with Crippen LogP contribution in [0.4, 0.5) is 24.8 Å². The first kappa shape index (κ1) is 28.0. The summed E-state index contributed by atoms with van der Waals surface area (Å²) in [6, 6.07) is 4.48. The molecule has 0 atom stereocenters. The number of hydroxylamine groups is 1. The molecule has 0 spiro atoms. The number of primary amides is 1. The molecule has 0 saturated carbocycles. The Morgan fingerprint density at radius 2 is 1.68 bits per heavy atom. The number of anilines is 2. The number of hydrogen-bond acceptors (Lipinski definition) is 9. The van der Waals surface area contributed by atoms with Crippen LogP contribution in [0.3, 0.4) is 0 Å². The molecule has 12 nitrogen and oxygen atoms in total. The Balaban J connectivity index is 1.47. The molecule has 2 aromatic heterocycles. The van der Waals surface area contributed by atoms with Crippen molar-refractivity contribution >= 4 is 29.2 Å². The van der Waals surface area contributed by atoms with Gasteiger partial charge in [-0.15, -0.1) is 0 Å². The van der Waals surface area contributed by atoms with Crippen LogP contribution >= 0.6 is 0 Å². The quantitative estimate of drug-likeness (QED) is 0.308. The van der Waals surface area contributed by atoms with Crippen LogP contribution < -0.4 is 21.0 Å². The summed E-state index contributed by atoms with van der Waals surface area (Å²) in [7, 11) is 0. The smallest absolute Gasteiger partial charge is 0.367 e. The molecule has 1 aromatic carbocycles. The predicted octanol–water partition coefficient (Wildman–Crippen LogP) is 2.38. The molecule has 2 aliphatic rings. The Morgan fingerprint density at radius 3 is 2.27 bits per heavy atom. The number of carbonyl (C=O) groups is 3. The zero-order valence-corrected chi connectivity index (χ0v) is 22.2. The lowest BCUT2D eigenvalue weighted by Crippen LogP contribution is -2.47. The summed E-state index contributed by atoms with van der Waals surface area (Å²) >= 11 is 0. The average molecular weight is 573 g/mol. The van der Waals surface area contributed by atoms with Crippen molar-refractivity contribution in [1.29, 1.82) is 0 Å². The molecule has 1 fully saturated rings. The lowest BCUT2D eigenvalue weighted by molar-refractivity contribution is -0.141. The minimum Gasteiger partial charge on any atom is -0.367 e. The van der Waals surface area contributed by atoms with E-state index in [1.807, 2.05) is 23.6 Å². The van der Waals surface area contributed by atoms with Crippen molar-refractivity contribution in [3.63, 3.8) is 0 Å². The number of amides is 2. The molecule has 0 unspecified atom stereocenters. The van der Waals surface area contributed by atoms with E-state index in [2.05, 4.69) is 15.1 Å². The predicted molar refractivity (Wildman–Crippen MR) is 139 cm³/mol. The van der Waals surface area contributed by atoms with Gasteiger partial charge in [-0.25, -0.2) is 20.1 Å². The van der Waals surface area contributed by atoms with Crippen molar-refractivity contribution in [3.05, 3.63) is 58.7 Å². The summed E-state index contributed by atoms with van der Waals surface area (Å²) in [4.78, 5) is 48.7. The largest absolute Gasteiger partial charge is 0.435 e. The number of ketones is 1. The first-order valence-electron chi connectivity index (χ1n) is 12.7. The molecule has 0 radical (unpaired) electrons. The zero-order valence-electron chi connectivity index (χ0n) is 22.2. The first-order chi connectivity index (χ1) is 19.3. The molecule has 5 rings (SSSR count). The SMILES string of the molecule is CC1(C)CC(=O)c2c(C(F)(F)F)nn(-c3ccc(C(N)=O)c(N4CCN(c5ncc(C(=O)NO)cn5)CC4)c3)c2C1. The van der Waals surface area contributed by atoms with Gasteiger partial charge >= 0.3 is 6.18 Å². The molecule has 1 saturated heterocycles. The summed E-state index contributed by atoms with van der Waals surface area (Å²) in [6.07, 6.45) is -2.07. The van der Waals surface area contributed by atoms with Gasteiger partial charge in [-0.2, -0.15) is 18.3 Å². The number of nitrogens with zero attached hydrogens (tertiary/aromatic N) is 6. The molecular weight excluding hydrogens is 545 g/mol. The molecule has 0 bridgehead atoms. The van der Waals surface area contributed by atoms with Crippen LogP contribution in [0.1, 0.15) is 62.7 Å². The van der Waals surface area contributed by atoms with E-state index >= 15 is 0 Å². The van der Waals surface area contributed by atoms with Gasteiger partial charge in [0, 0.05) is 45.0 Å². The van der Waals surface area contributed by atoms with E-state index in [-0.39, 0.29) is 35.3 Å². The summed E-state index contributed by atoms with van der Waals surface area (Å²) in [5.74, 6) is -1.69. The third-order valence-corrected chi connectivity index (χ3v) is 7.21. The maximum atomic E-state index is 13.9. The number of benzene rings is 1. The minimum atomic E-state index is -4.82. The number of piperazine rings is 1. The van der Waals surface area contributed by atoms with Gasteiger partial charge in [-0.05, 0) is 30.0 Å². The van der Waals surface area contributed by atoms with E-state index < -0.39 is 40.4 Å². The number of carbonyl (C=O) groups excluding carboxylic acids is 3. The molecule has 3 heterocycles. The van der Waals surface area contributed by atoms with Crippen molar-refractivity contribution < 1.29 is 32.8 Å². The summed E-state index contributed by atoms with van der Waals surface area (Å²) in [6.45, 7) is 5.26. The average Bonchev–Trinajstić information content (AvgIpc) is 3.32. The van der Waals surface area contributed by atoms with Crippen LogP contribution in [-0.4, -0.2) is 68.7 Å². The number of aromatic nitrogens is 4. The van der Waals surface area contributed by atoms with Gasteiger partial charge in [0.1, 0.15) is 0 Å². The Bertz CT molecular complexity index is 1530. The van der Waals surface area contributed by atoms with E-state index in [9.17, 15) is 27.6 Å². The molecule has 15 heteroatoms. The molecule has 3 aromatic rings. The van der Waals surface area contributed by atoms with Gasteiger partial charge in [-0.1, -0.05) is 13.8 Å². The van der Waals surface area contributed by atoms with Crippen LogP contribution in [0.25, 0.3) is 5.69 Å². The van der Waals surface area contributed by atoms with Crippen molar-refractivity contribution in [2.24, 2.45) is 11.1 Å². The number of hydrogen-bond donors (Lipinski definition) is 3. The fourth-order valence-electron chi connectivity index (χ4n) is 5.30. The summed E-state index contributed by atoms with van der Waals surface area (Å²) in [5, 5.41) is 12.6. The lowest BCUT2D eigenvalue weighted by atomic mass is 9.75. The van der Waals surface area contributed by atoms with Crippen LogP contribution in [0.15, 0.2) is 30.6 Å². The van der Waals surface area contributed by atoms with Gasteiger partial charge in [-0.3, -0.25) is 19.6 Å². The van der Waals surface area contributed by atoms with E-state index in [0.29, 0.717) is 37.8 Å². The molecule has 4 N–H and O–H groups in total. The number of Topliss-reactive ketones (excluding diaryl/α,β-unsaturated/α-hetero) is 1. The van der Waals surface area contributed by atoms with Crippen LogP contribution in [-0.2, 0) is 12.6 Å². The molecular formula is C26H27F3N8O4. The molecule has 216 valence electrons. The Kier molecular flexibility index (Phi) is 6.93. The highest BCUT2D eigenvalue weighted by atomic mass is 19.4. The highest BCUT2D eigenvalue weighted by molar-refractivity contribution is 6.01. The van der Waals surface area contributed by atoms with E-state index in [4.69, 9.17) is 10.9 Å². The standard InChI is InChI=1S/C26H27F3N8O4/c1-25(2)10-18-20(19(38)11-25)21(26(27,28)29)33-37(18)15-3-4-16(22(30)39)17(9-15)35-5-7-36(8-6-35)24-31-12-14(13-32-24)23(40)34-41/h3-4,9,12-13,41H,5-8,10-11H2,1-2H3,(H2,30,39)(H,34,40). The number of nitrogens with two attached hydrogens (primary N) is 1. The highest BCUT2D eigenvalue weighted by Crippen LogP contribution is 2.42. The number of fused-ring (bicyclic) bond motifs is 1. The number of rotatable bonds is 5. The number of halogens is 3. The van der Waals surface area contributed by atoms with Gasteiger partial charge in [0.05, 0.1) is 33.8 Å². The molecule has 1 aliphatic heterocycles. The fraction of sp³-hybridized carbons (Fsp3) is 0.385. The third kappa shape index (κ3) is 5.31. The Labute approximate surface area is 231 Å². The maximum absolute atomic E-state index is 13.9. The molecule has 2 amide bonds. The van der Waals surface area contributed by atoms with Crippen LogP contribution in [0.5, 0.6) is 0 Å². The van der Waals surface area contributed by atoms with Crippen molar-refractivity contribution in [3.8, 4) is 5.69 Å². The second-order valence-electron chi connectivity index (χ2n) is 10.8. The van der Waals surface area contributed by atoms with Gasteiger partial charge < -0.3 is 15.5 Å². The van der Waals surface area contributed by atoms with Crippen LogP contribution in [0.2, 0.25) is 0 Å². The number of alkyl halides is 3. The van der Waals surface area contributed by atoms with E-state index in [1.54, 1.807) is 6.07 Å². The zero-order chi connectivity index (χ0) is 29.7. The van der Waals surface area contributed by atoms with Gasteiger partial charge in [0.15, 0.2) is 11.5 Å². The fourth-order valence-corrected chi connectivity index (χ4v) is 5.30. The lowest BCUT2D eigenvalue weighted by Gasteiger charge is -2.37. The van der Waals surface area contributed by atoms with Crippen molar-refractivity contribution in [1.82, 2.24) is 25.2 Å². The summed E-state index contributed by atoms with van der Waals surface area (Å²) in [5.41, 5.74) is 6.10. The molecule has 41 heavy (non-hydrogen) atoms. The Hall–Kier alpha value is -4.53. The second kappa shape index (κ2) is 10.1. The van der Waals surface area contributed by atoms with Crippen LogP contribution in [0, 0.1) is 5.41 Å². The number of nitrogens with one attached hydrogen (secondary N) is 1.